The van der Waals surface area contributed by atoms with Crippen molar-refractivity contribution in [3.8, 4) is 11.5 Å². The predicted molar refractivity (Wildman–Crippen MR) is 140 cm³/mol. The second kappa shape index (κ2) is 11.6. The third kappa shape index (κ3) is 7.22. The standard InChI is InChI=1S/C27H34F4N2O5S/c1-26(2)10-17-5-4-15(8-21(17)38-26)11-33-20-14-39(35)13-18(25(20)34)6-16-7-19(28)24(32)22(9-16)37-23(12-36-3)27(29,30)31/h4-5,7-9,18,20,23,25,33-34H,6,10-14,32H2,1-3H3/t18-,20+,23-,25+,39?/m1/s1. The van der Waals surface area contributed by atoms with Crippen LogP contribution in [0.15, 0.2) is 30.3 Å². The summed E-state index contributed by atoms with van der Waals surface area (Å²) >= 11 is 0. The molecule has 2 aromatic carbocycles. The van der Waals surface area contributed by atoms with Gasteiger partial charge in [0, 0.05) is 54.3 Å². The normalized spacial score (nSPS) is 25.1. The highest BCUT2D eigenvalue weighted by atomic mass is 32.2. The van der Waals surface area contributed by atoms with Gasteiger partial charge in [-0.05, 0) is 55.2 Å². The van der Waals surface area contributed by atoms with E-state index in [4.69, 9.17) is 15.2 Å². The fourth-order valence-corrected chi connectivity index (χ4v) is 6.69. The summed E-state index contributed by atoms with van der Waals surface area (Å²) in [5.41, 5.74) is 7.19. The van der Waals surface area contributed by atoms with Crippen molar-refractivity contribution in [2.75, 3.05) is 31.0 Å². The van der Waals surface area contributed by atoms with Gasteiger partial charge in [0.15, 0.2) is 0 Å². The number of anilines is 1. The number of hydrogen-bond donors (Lipinski definition) is 3. The molecule has 4 N–H and O–H groups in total. The largest absolute Gasteiger partial charge is 0.487 e. The quantitative estimate of drug-likeness (QED) is 0.311. The van der Waals surface area contributed by atoms with E-state index in [9.17, 15) is 26.9 Å². The van der Waals surface area contributed by atoms with Crippen LogP contribution in [0.4, 0.5) is 23.2 Å². The maximum Gasteiger partial charge on any atom is 0.427 e. The first-order valence-electron chi connectivity index (χ1n) is 12.6. The summed E-state index contributed by atoms with van der Waals surface area (Å²) in [5.74, 6) is -0.712. The van der Waals surface area contributed by atoms with Gasteiger partial charge in [-0.3, -0.25) is 4.21 Å². The molecule has 2 heterocycles. The highest BCUT2D eigenvalue weighted by Crippen LogP contribution is 2.36. The Kier molecular flexibility index (Phi) is 8.79. The number of alkyl halides is 3. The predicted octanol–water partition coefficient (Wildman–Crippen LogP) is 3.52. The van der Waals surface area contributed by atoms with Crippen molar-refractivity contribution in [2.45, 2.75) is 63.3 Å². The first kappa shape index (κ1) is 29.6. The summed E-state index contributed by atoms with van der Waals surface area (Å²) in [6, 6.07) is 7.78. The number of halogens is 4. The maximum atomic E-state index is 14.6. The van der Waals surface area contributed by atoms with Gasteiger partial charge in [-0.15, -0.1) is 0 Å². The van der Waals surface area contributed by atoms with Gasteiger partial charge in [0.2, 0.25) is 6.10 Å². The lowest BCUT2D eigenvalue weighted by Gasteiger charge is -2.35. The average molecular weight is 575 g/mol. The van der Waals surface area contributed by atoms with Crippen molar-refractivity contribution < 1.29 is 41.1 Å². The topological polar surface area (TPSA) is 103 Å². The third-order valence-electron chi connectivity index (χ3n) is 6.96. The Balaban J connectivity index is 1.45. The van der Waals surface area contributed by atoms with Crippen LogP contribution in [0.2, 0.25) is 0 Å². The zero-order valence-corrected chi connectivity index (χ0v) is 22.8. The van der Waals surface area contributed by atoms with E-state index in [0.29, 0.717) is 6.54 Å². The SMILES string of the molecule is COC[C@@H](Oc1cc(C[C@@H]2CS(=O)C[C@H](NCc3ccc4c(c3)OC(C)(C)C4)[C@H]2O)cc(F)c1N)C(F)(F)F. The van der Waals surface area contributed by atoms with Crippen LogP contribution in [-0.4, -0.2) is 64.6 Å². The van der Waals surface area contributed by atoms with Crippen LogP contribution in [0.5, 0.6) is 11.5 Å². The Labute approximate surface area is 227 Å². The Hall–Kier alpha value is -2.41. The van der Waals surface area contributed by atoms with E-state index in [1.54, 1.807) is 0 Å². The number of rotatable bonds is 9. The van der Waals surface area contributed by atoms with Gasteiger partial charge in [0.1, 0.15) is 28.6 Å². The van der Waals surface area contributed by atoms with Crippen molar-refractivity contribution in [2.24, 2.45) is 5.92 Å². The van der Waals surface area contributed by atoms with Crippen LogP contribution >= 0.6 is 0 Å². The molecule has 2 aliphatic heterocycles. The van der Waals surface area contributed by atoms with E-state index < -0.39 is 65.0 Å². The molecule has 1 saturated heterocycles. The minimum Gasteiger partial charge on any atom is -0.487 e. The summed E-state index contributed by atoms with van der Waals surface area (Å²) in [6.07, 6.45) is -7.13. The molecule has 2 aliphatic rings. The van der Waals surface area contributed by atoms with Crippen molar-refractivity contribution >= 4 is 16.5 Å². The average Bonchev–Trinajstić information content (AvgIpc) is 3.15. The third-order valence-corrected chi connectivity index (χ3v) is 8.50. The van der Waals surface area contributed by atoms with Gasteiger partial charge >= 0.3 is 6.18 Å². The fourth-order valence-electron chi connectivity index (χ4n) is 5.05. The number of methoxy groups -OCH3 is 1. The number of nitrogens with one attached hydrogen (secondary N) is 1. The van der Waals surface area contributed by atoms with Crippen LogP contribution in [0.1, 0.15) is 30.5 Å². The molecule has 5 atom stereocenters. The van der Waals surface area contributed by atoms with Gasteiger partial charge in [-0.25, -0.2) is 4.39 Å². The maximum absolute atomic E-state index is 14.6. The van der Waals surface area contributed by atoms with E-state index in [-0.39, 0.29) is 29.1 Å². The van der Waals surface area contributed by atoms with Crippen molar-refractivity contribution in [1.82, 2.24) is 5.32 Å². The first-order valence-corrected chi connectivity index (χ1v) is 14.1. The Morgan fingerprint density at radius 3 is 2.67 bits per heavy atom. The van der Waals surface area contributed by atoms with Gasteiger partial charge in [0.05, 0.1) is 12.7 Å². The van der Waals surface area contributed by atoms with E-state index in [1.165, 1.54) is 6.07 Å². The van der Waals surface area contributed by atoms with Crippen molar-refractivity contribution in [1.29, 1.82) is 0 Å². The summed E-state index contributed by atoms with van der Waals surface area (Å²) in [6.45, 7) is 3.66. The van der Waals surface area contributed by atoms with Crippen LogP contribution < -0.4 is 20.5 Å². The highest BCUT2D eigenvalue weighted by molar-refractivity contribution is 7.85. The second-order valence-corrected chi connectivity index (χ2v) is 12.3. The van der Waals surface area contributed by atoms with E-state index in [1.807, 2.05) is 32.0 Å². The number of hydrogen-bond acceptors (Lipinski definition) is 7. The molecular formula is C27H34F4N2O5S. The molecule has 216 valence electrons. The molecule has 0 saturated carbocycles. The molecule has 1 unspecified atom stereocenters. The number of aliphatic hydroxyl groups is 1. The molecule has 2 aromatic rings. The van der Waals surface area contributed by atoms with Gasteiger partial charge in [-0.2, -0.15) is 13.2 Å². The summed E-state index contributed by atoms with van der Waals surface area (Å²) in [4.78, 5) is 0. The molecule has 12 heteroatoms. The van der Waals surface area contributed by atoms with Gasteiger partial charge in [-0.1, -0.05) is 12.1 Å². The lowest BCUT2D eigenvalue weighted by molar-refractivity contribution is -0.206. The lowest BCUT2D eigenvalue weighted by atomic mass is 9.91. The van der Waals surface area contributed by atoms with Crippen molar-refractivity contribution in [3.63, 3.8) is 0 Å². The lowest BCUT2D eigenvalue weighted by Crippen LogP contribution is -2.53. The second-order valence-electron chi connectivity index (χ2n) is 10.8. The molecular weight excluding hydrogens is 540 g/mol. The van der Waals surface area contributed by atoms with E-state index >= 15 is 0 Å². The zero-order valence-electron chi connectivity index (χ0n) is 22.0. The number of nitrogens with two attached hydrogens (primary N) is 1. The Bertz CT molecular complexity index is 1210. The van der Waals surface area contributed by atoms with Crippen molar-refractivity contribution in [3.05, 3.63) is 52.8 Å². The molecule has 0 aliphatic carbocycles. The minimum absolute atomic E-state index is 0.0708. The van der Waals surface area contributed by atoms with Gasteiger partial charge in [0.25, 0.3) is 0 Å². The van der Waals surface area contributed by atoms with Gasteiger partial charge < -0.3 is 30.4 Å². The molecule has 39 heavy (non-hydrogen) atoms. The molecule has 0 spiro atoms. The molecule has 0 bridgehead atoms. The van der Waals surface area contributed by atoms with E-state index in [0.717, 1.165) is 36.5 Å². The monoisotopic (exact) mass is 574 g/mol. The summed E-state index contributed by atoms with van der Waals surface area (Å²) in [5, 5.41) is 14.4. The fraction of sp³-hybridized carbons (Fsp3) is 0.556. The molecule has 1 fully saturated rings. The number of nitrogen functional groups attached to an aromatic ring is 1. The molecule has 7 nitrogen and oxygen atoms in total. The van der Waals surface area contributed by atoms with E-state index in [2.05, 4.69) is 10.1 Å². The zero-order chi connectivity index (χ0) is 28.5. The molecule has 0 aromatic heterocycles. The van der Waals surface area contributed by atoms with Crippen LogP contribution in [0.3, 0.4) is 0 Å². The van der Waals surface area contributed by atoms with Crippen LogP contribution in [-0.2, 0) is 34.9 Å². The number of fused-ring (bicyclic) bond motifs is 1. The Morgan fingerprint density at radius 2 is 1.97 bits per heavy atom. The number of ether oxygens (including phenoxy) is 3. The smallest absolute Gasteiger partial charge is 0.427 e. The molecule has 0 radical (unpaired) electrons. The highest BCUT2D eigenvalue weighted by Gasteiger charge is 2.42. The minimum atomic E-state index is -4.76. The molecule has 4 rings (SSSR count). The first-order chi connectivity index (χ1) is 18.3. The molecule has 0 amide bonds. The van der Waals surface area contributed by atoms with Crippen LogP contribution in [0, 0.1) is 11.7 Å². The Morgan fingerprint density at radius 1 is 1.23 bits per heavy atom. The summed E-state index contributed by atoms with van der Waals surface area (Å²) < 4.78 is 82.7. The summed E-state index contributed by atoms with van der Waals surface area (Å²) in [7, 11) is -0.170. The number of aliphatic hydroxyl groups excluding tert-OH is 1. The van der Waals surface area contributed by atoms with Crippen LogP contribution in [0.25, 0.3) is 0 Å². The number of benzene rings is 2.